The van der Waals surface area contributed by atoms with Gasteiger partial charge in [0.05, 0.1) is 0 Å². The number of hydrogen-bond donors (Lipinski definition) is 0. The van der Waals surface area contributed by atoms with E-state index in [4.69, 9.17) is 0 Å². The Kier molecular flexibility index (Phi) is 2.86. The van der Waals surface area contributed by atoms with Crippen molar-refractivity contribution in [3.05, 3.63) is 71.3 Å². The Morgan fingerprint density at radius 2 is 1.27 bits per heavy atom. The quantitative estimate of drug-likeness (QED) is 0.677. The molecule has 76 valence electrons. The lowest BCUT2D eigenvalue weighted by molar-refractivity contribution is 0.921. The fourth-order valence-corrected chi connectivity index (χ4v) is 1.79. The number of hydrogen-bond acceptors (Lipinski definition) is 0. The second kappa shape index (κ2) is 4.31. The van der Waals surface area contributed by atoms with Crippen LogP contribution in [0.1, 0.15) is 29.5 Å². The molecule has 0 heteroatoms. The molecule has 0 spiro atoms. The Bertz CT molecular complexity index is 412. The molecule has 0 bridgehead atoms. The molecule has 0 aromatic heterocycles. The zero-order chi connectivity index (χ0) is 10.7. The van der Waals surface area contributed by atoms with Crippen LogP contribution in [0.25, 0.3) is 0 Å². The molecular weight excluding hydrogens is 180 g/mol. The van der Waals surface area contributed by atoms with Crippen LogP contribution < -0.4 is 0 Å². The van der Waals surface area contributed by atoms with E-state index in [1.165, 1.54) is 16.7 Å². The van der Waals surface area contributed by atoms with Gasteiger partial charge in [-0.3, -0.25) is 0 Å². The van der Waals surface area contributed by atoms with Crippen molar-refractivity contribution in [2.45, 2.75) is 19.8 Å². The van der Waals surface area contributed by atoms with Crippen molar-refractivity contribution in [3.63, 3.8) is 0 Å². The van der Waals surface area contributed by atoms with Gasteiger partial charge in [-0.2, -0.15) is 0 Å². The Morgan fingerprint density at radius 1 is 0.733 bits per heavy atom. The van der Waals surface area contributed by atoms with Gasteiger partial charge in [-0.25, -0.2) is 0 Å². The molecule has 0 unspecified atom stereocenters. The fraction of sp³-hybridized carbons (Fsp3) is 0.200. The first-order chi connectivity index (χ1) is 7.27. The maximum atomic E-state index is 2.25. The molecule has 0 fully saturated rings. The molecule has 1 atom stereocenters. The van der Waals surface area contributed by atoms with Crippen LogP contribution in [0, 0.1) is 6.92 Å². The Labute approximate surface area is 91.6 Å². The number of benzene rings is 2. The molecule has 0 N–H and O–H groups in total. The first-order valence-electron chi connectivity index (χ1n) is 5.39. The van der Waals surface area contributed by atoms with Crippen molar-refractivity contribution in [1.82, 2.24) is 0 Å². The molecule has 0 heterocycles. The van der Waals surface area contributed by atoms with E-state index in [1.807, 2.05) is 0 Å². The minimum absolute atomic E-state index is 0.479. The van der Waals surface area contributed by atoms with Crippen molar-refractivity contribution >= 4 is 0 Å². The normalized spacial score (nSPS) is 12.4. The van der Waals surface area contributed by atoms with Crippen LogP contribution in [0.2, 0.25) is 0 Å². The fourth-order valence-electron chi connectivity index (χ4n) is 1.79. The largest absolute Gasteiger partial charge is 0.0622 e. The average molecular weight is 196 g/mol. The van der Waals surface area contributed by atoms with Crippen molar-refractivity contribution in [2.75, 3.05) is 0 Å². The summed E-state index contributed by atoms with van der Waals surface area (Å²) in [5.41, 5.74) is 4.08. The second-order valence-corrected chi connectivity index (χ2v) is 4.04. The molecule has 0 saturated heterocycles. The topological polar surface area (TPSA) is 0 Å². The summed E-state index contributed by atoms with van der Waals surface area (Å²) in [6, 6.07) is 19.4. The molecule has 0 aliphatic carbocycles. The Hall–Kier alpha value is -1.56. The third-order valence-electron chi connectivity index (χ3n) is 2.88. The van der Waals surface area contributed by atoms with Crippen LogP contribution in [0.5, 0.6) is 0 Å². The number of rotatable bonds is 2. The highest BCUT2D eigenvalue weighted by molar-refractivity contribution is 5.32. The van der Waals surface area contributed by atoms with E-state index in [2.05, 4.69) is 68.4 Å². The summed E-state index contributed by atoms with van der Waals surface area (Å²) in [5, 5.41) is 0. The van der Waals surface area contributed by atoms with Gasteiger partial charge in [0.25, 0.3) is 0 Å². The van der Waals surface area contributed by atoms with Crippen LogP contribution >= 0.6 is 0 Å². The average Bonchev–Trinajstić information content (AvgIpc) is 2.30. The summed E-state index contributed by atoms with van der Waals surface area (Å²) < 4.78 is 0. The van der Waals surface area contributed by atoms with E-state index in [0.29, 0.717) is 5.92 Å². The van der Waals surface area contributed by atoms with Crippen LogP contribution in [-0.2, 0) is 0 Å². The monoisotopic (exact) mass is 196 g/mol. The maximum absolute atomic E-state index is 2.25. The highest BCUT2D eigenvalue weighted by atomic mass is 14.1. The molecule has 2 rings (SSSR count). The minimum atomic E-state index is 0.479. The van der Waals surface area contributed by atoms with Gasteiger partial charge in [-0.15, -0.1) is 0 Å². The van der Waals surface area contributed by atoms with Gasteiger partial charge < -0.3 is 0 Å². The van der Waals surface area contributed by atoms with Crippen LogP contribution in [0.4, 0.5) is 0 Å². The molecule has 0 nitrogen and oxygen atoms in total. The minimum Gasteiger partial charge on any atom is -0.0622 e. The standard InChI is InChI=1S/C15H16/c1-12-8-10-15(11-9-12)13(2)14-6-4-3-5-7-14/h3-11,13H,1-2H3/t13-/m1/s1. The van der Waals surface area contributed by atoms with Gasteiger partial charge in [0.2, 0.25) is 0 Å². The molecule has 2 aromatic carbocycles. The summed E-state index contributed by atoms with van der Waals surface area (Å²) in [4.78, 5) is 0. The van der Waals surface area contributed by atoms with Gasteiger partial charge >= 0.3 is 0 Å². The van der Waals surface area contributed by atoms with E-state index in [1.54, 1.807) is 0 Å². The molecule has 0 radical (unpaired) electrons. The number of aryl methyl sites for hydroxylation is 1. The maximum Gasteiger partial charge on any atom is 0.00610 e. The lowest BCUT2D eigenvalue weighted by atomic mass is 9.93. The van der Waals surface area contributed by atoms with Gasteiger partial charge in [-0.05, 0) is 18.1 Å². The summed E-state index contributed by atoms with van der Waals surface area (Å²) in [7, 11) is 0. The zero-order valence-corrected chi connectivity index (χ0v) is 9.27. The smallest absolute Gasteiger partial charge is 0.00610 e. The van der Waals surface area contributed by atoms with Gasteiger partial charge in [0.1, 0.15) is 0 Å². The van der Waals surface area contributed by atoms with Crippen molar-refractivity contribution in [2.24, 2.45) is 0 Å². The first-order valence-corrected chi connectivity index (χ1v) is 5.39. The first kappa shape index (κ1) is 9.97. The van der Waals surface area contributed by atoms with E-state index in [0.717, 1.165) is 0 Å². The van der Waals surface area contributed by atoms with E-state index in [-0.39, 0.29) is 0 Å². The predicted molar refractivity (Wildman–Crippen MR) is 65.1 cm³/mol. The van der Waals surface area contributed by atoms with Crippen LogP contribution in [0.15, 0.2) is 54.6 Å². The summed E-state index contributed by atoms with van der Waals surface area (Å²) >= 11 is 0. The molecular formula is C15H16. The third kappa shape index (κ3) is 2.27. The zero-order valence-electron chi connectivity index (χ0n) is 9.27. The van der Waals surface area contributed by atoms with Crippen molar-refractivity contribution in [1.29, 1.82) is 0 Å². The molecule has 0 amide bonds. The molecule has 0 aliphatic rings. The van der Waals surface area contributed by atoms with Crippen molar-refractivity contribution in [3.8, 4) is 0 Å². The SMILES string of the molecule is Cc1ccc([C@H](C)c2ccccc2)cc1. The lowest BCUT2D eigenvalue weighted by Crippen LogP contribution is -1.95. The Balaban J connectivity index is 2.29. The van der Waals surface area contributed by atoms with E-state index >= 15 is 0 Å². The molecule has 0 saturated carbocycles. The van der Waals surface area contributed by atoms with E-state index < -0.39 is 0 Å². The predicted octanol–water partition coefficient (Wildman–Crippen LogP) is 4.15. The van der Waals surface area contributed by atoms with Crippen LogP contribution in [-0.4, -0.2) is 0 Å². The van der Waals surface area contributed by atoms with E-state index in [9.17, 15) is 0 Å². The summed E-state index contributed by atoms with van der Waals surface area (Å²) in [5.74, 6) is 0.479. The highest BCUT2D eigenvalue weighted by Gasteiger charge is 2.06. The van der Waals surface area contributed by atoms with Crippen molar-refractivity contribution < 1.29 is 0 Å². The van der Waals surface area contributed by atoms with Gasteiger partial charge in [-0.1, -0.05) is 67.1 Å². The summed E-state index contributed by atoms with van der Waals surface area (Å²) in [6.07, 6.45) is 0. The van der Waals surface area contributed by atoms with Gasteiger partial charge in [0.15, 0.2) is 0 Å². The second-order valence-electron chi connectivity index (χ2n) is 4.04. The highest BCUT2D eigenvalue weighted by Crippen LogP contribution is 2.23. The van der Waals surface area contributed by atoms with Crippen LogP contribution in [0.3, 0.4) is 0 Å². The summed E-state index contributed by atoms with van der Waals surface area (Å²) in [6.45, 7) is 4.37. The Morgan fingerprint density at radius 3 is 1.87 bits per heavy atom. The molecule has 2 aromatic rings. The molecule has 0 aliphatic heterocycles. The van der Waals surface area contributed by atoms with Gasteiger partial charge in [0, 0.05) is 5.92 Å². The third-order valence-corrected chi connectivity index (χ3v) is 2.88. The lowest BCUT2D eigenvalue weighted by Gasteiger charge is -2.12. The molecule has 15 heavy (non-hydrogen) atoms.